The first-order chi connectivity index (χ1) is 24.2. The van der Waals surface area contributed by atoms with E-state index in [1.807, 2.05) is 58.7 Å². The predicted molar refractivity (Wildman–Crippen MR) is 188 cm³/mol. The van der Waals surface area contributed by atoms with Crippen LogP contribution in [0.2, 0.25) is 0 Å². The molecular weight excluding hydrogens is 610 g/mol. The maximum absolute atomic E-state index is 5.23. The first-order valence-electron chi connectivity index (χ1n) is 16.5. The zero-order chi connectivity index (χ0) is 32.7. The summed E-state index contributed by atoms with van der Waals surface area (Å²) >= 11 is 0. The number of aromatic amines is 1. The Hall–Kier alpha value is -6.07. The van der Waals surface area contributed by atoms with Crippen molar-refractivity contribution < 1.29 is 0 Å². The molecule has 6 aromatic heterocycles. The van der Waals surface area contributed by atoms with E-state index in [0.29, 0.717) is 11.7 Å². The Morgan fingerprint density at radius 3 is 2.41 bits per heavy atom. The molecule has 0 unspecified atom stereocenters. The van der Waals surface area contributed by atoms with Crippen molar-refractivity contribution in [3.8, 4) is 45.4 Å². The third kappa shape index (κ3) is 5.53. The van der Waals surface area contributed by atoms with Gasteiger partial charge in [-0.15, -0.1) is 20.4 Å². The SMILES string of the molecule is Cn1cnc(-c2nnc3c4cc(-c5ccccc5)c(-c5ccc(CN6CCC(c7nnc(-c8ccccn8)[nH]7)CC6)cc5)nc4ccn23)c1. The largest absolute Gasteiger partial charge is 0.340 e. The van der Waals surface area contributed by atoms with Crippen LogP contribution in [0.1, 0.15) is 30.1 Å². The molecule has 0 aliphatic carbocycles. The van der Waals surface area contributed by atoms with Crippen molar-refractivity contribution >= 4 is 16.6 Å². The van der Waals surface area contributed by atoms with E-state index in [1.165, 1.54) is 5.56 Å². The van der Waals surface area contributed by atoms with Crippen LogP contribution in [-0.2, 0) is 13.6 Å². The van der Waals surface area contributed by atoms with Crippen LogP contribution >= 0.6 is 0 Å². The van der Waals surface area contributed by atoms with E-state index < -0.39 is 0 Å². The van der Waals surface area contributed by atoms with Crippen LogP contribution in [-0.4, -0.2) is 67.3 Å². The van der Waals surface area contributed by atoms with E-state index in [-0.39, 0.29) is 0 Å². The predicted octanol–water partition coefficient (Wildman–Crippen LogP) is 6.57. The molecule has 1 saturated heterocycles. The summed E-state index contributed by atoms with van der Waals surface area (Å²) in [6, 6.07) is 29.3. The van der Waals surface area contributed by atoms with Gasteiger partial charge >= 0.3 is 0 Å². The van der Waals surface area contributed by atoms with Crippen molar-refractivity contribution in [2.24, 2.45) is 7.05 Å². The maximum Gasteiger partial charge on any atom is 0.188 e. The standard InChI is InChI=1S/C38H33N11/c1-47-23-33(40-24-47)38-46-45-37-30-21-29(26-7-3-2-4-8-26)34(41-31(30)16-20-49(37)38)27-12-10-25(11-13-27)22-48-18-14-28(15-19-48)35-42-36(44-43-35)32-9-5-6-17-39-32/h2-13,16-17,20-21,23-24,28H,14-15,18-19,22H2,1H3,(H,42,43,44). The van der Waals surface area contributed by atoms with Crippen molar-refractivity contribution in [2.45, 2.75) is 25.3 Å². The van der Waals surface area contributed by atoms with Gasteiger partial charge in [0.15, 0.2) is 17.3 Å². The number of piperidine rings is 1. The van der Waals surface area contributed by atoms with Gasteiger partial charge in [-0.25, -0.2) is 9.97 Å². The summed E-state index contributed by atoms with van der Waals surface area (Å²) in [5, 5.41) is 18.8. The topological polar surface area (TPSA) is 119 Å². The van der Waals surface area contributed by atoms with Gasteiger partial charge in [-0.05, 0) is 61.3 Å². The van der Waals surface area contributed by atoms with Gasteiger partial charge < -0.3 is 9.55 Å². The molecule has 8 aromatic rings. The smallest absolute Gasteiger partial charge is 0.188 e. The number of hydrogen-bond acceptors (Lipinski definition) is 8. The zero-order valence-electron chi connectivity index (χ0n) is 27.0. The minimum Gasteiger partial charge on any atom is -0.340 e. The summed E-state index contributed by atoms with van der Waals surface area (Å²) in [6.45, 7) is 2.92. The Morgan fingerprint density at radius 1 is 0.796 bits per heavy atom. The molecule has 9 rings (SSSR count). The van der Waals surface area contributed by atoms with Gasteiger partial charge in [0.25, 0.3) is 0 Å². The van der Waals surface area contributed by atoms with Crippen LogP contribution in [0.3, 0.4) is 0 Å². The van der Waals surface area contributed by atoms with Crippen molar-refractivity contribution in [2.75, 3.05) is 13.1 Å². The van der Waals surface area contributed by atoms with Gasteiger partial charge in [-0.3, -0.25) is 14.3 Å². The molecule has 1 fully saturated rings. The number of aromatic nitrogens is 10. The summed E-state index contributed by atoms with van der Waals surface area (Å²) in [5.41, 5.74) is 8.68. The highest BCUT2D eigenvalue weighted by Crippen LogP contribution is 2.35. The Bertz CT molecular complexity index is 2380. The molecule has 1 aliphatic heterocycles. The van der Waals surface area contributed by atoms with Gasteiger partial charge in [0, 0.05) is 54.6 Å². The summed E-state index contributed by atoms with van der Waals surface area (Å²) in [5.74, 6) is 2.77. The number of fused-ring (bicyclic) bond motifs is 3. The van der Waals surface area contributed by atoms with Gasteiger partial charge in [-0.2, -0.15) is 0 Å². The van der Waals surface area contributed by atoms with Crippen LogP contribution in [0.15, 0.2) is 110 Å². The van der Waals surface area contributed by atoms with Gasteiger partial charge in [0.2, 0.25) is 0 Å². The molecular formula is C38H33N11. The molecule has 1 aliphatic rings. The highest BCUT2D eigenvalue weighted by atomic mass is 15.3. The molecule has 11 heteroatoms. The monoisotopic (exact) mass is 643 g/mol. The fourth-order valence-corrected chi connectivity index (χ4v) is 6.82. The molecule has 49 heavy (non-hydrogen) atoms. The molecule has 7 heterocycles. The molecule has 0 atom stereocenters. The number of benzene rings is 2. The third-order valence-corrected chi connectivity index (χ3v) is 9.41. The number of hydrogen-bond donors (Lipinski definition) is 1. The van der Waals surface area contributed by atoms with E-state index in [1.54, 1.807) is 12.5 Å². The highest BCUT2D eigenvalue weighted by molar-refractivity contribution is 5.98. The number of aryl methyl sites for hydroxylation is 1. The fourth-order valence-electron chi connectivity index (χ4n) is 6.82. The number of rotatable bonds is 7. The molecule has 0 bridgehead atoms. The summed E-state index contributed by atoms with van der Waals surface area (Å²) < 4.78 is 3.90. The second-order valence-electron chi connectivity index (χ2n) is 12.7. The third-order valence-electron chi connectivity index (χ3n) is 9.41. The summed E-state index contributed by atoms with van der Waals surface area (Å²) in [4.78, 5) is 20.0. The number of likely N-dealkylation sites (tertiary alicyclic amines) is 1. The first kappa shape index (κ1) is 29.1. The fraction of sp³-hybridized carbons (Fsp3) is 0.184. The molecule has 0 radical (unpaired) electrons. The summed E-state index contributed by atoms with van der Waals surface area (Å²) in [7, 11) is 1.95. The molecule has 0 amide bonds. The molecule has 1 N–H and O–H groups in total. The number of imidazole rings is 1. The van der Waals surface area contributed by atoms with Crippen LogP contribution in [0.4, 0.5) is 0 Å². The maximum atomic E-state index is 5.23. The van der Waals surface area contributed by atoms with Crippen LogP contribution < -0.4 is 0 Å². The van der Waals surface area contributed by atoms with E-state index >= 15 is 0 Å². The van der Waals surface area contributed by atoms with Crippen LogP contribution in [0, 0.1) is 0 Å². The Balaban J connectivity index is 0.961. The quantitative estimate of drug-likeness (QED) is 0.207. The van der Waals surface area contributed by atoms with Crippen molar-refractivity contribution in [3.05, 3.63) is 121 Å². The van der Waals surface area contributed by atoms with Crippen molar-refractivity contribution in [3.63, 3.8) is 0 Å². The number of nitrogens with one attached hydrogen (secondary N) is 1. The average molecular weight is 644 g/mol. The first-order valence-corrected chi connectivity index (χ1v) is 16.5. The lowest BCUT2D eigenvalue weighted by Gasteiger charge is -2.30. The molecule has 11 nitrogen and oxygen atoms in total. The number of pyridine rings is 3. The minimum atomic E-state index is 0.375. The van der Waals surface area contributed by atoms with Gasteiger partial charge in [-0.1, -0.05) is 60.7 Å². The lowest BCUT2D eigenvalue weighted by Crippen LogP contribution is -2.32. The van der Waals surface area contributed by atoms with E-state index in [4.69, 9.17) is 4.98 Å². The lowest BCUT2D eigenvalue weighted by molar-refractivity contribution is 0.202. The number of H-pyrrole nitrogens is 1. The highest BCUT2D eigenvalue weighted by Gasteiger charge is 2.24. The Morgan fingerprint density at radius 2 is 1.63 bits per heavy atom. The average Bonchev–Trinajstić information content (AvgIpc) is 3.93. The zero-order valence-corrected chi connectivity index (χ0v) is 27.0. The normalized spacial score (nSPS) is 14.2. The van der Waals surface area contributed by atoms with Crippen molar-refractivity contribution in [1.29, 1.82) is 0 Å². The van der Waals surface area contributed by atoms with Gasteiger partial charge in [0.1, 0.15) is 17.2 Å². The molecule has 2 aromatic carbocycles. The molecule has 0 saturated carbocycles. The Kier molecular flexibility index (Phi) is 7.24. The summed E-state index contributed by atoms with van der Waals surface area (Å²) in [6.07, 6.45) is 9.55. The van der Waals surface area contributed by atoms with Crippen molar-refractivity contribution in [1.82, 2.24) is 54.2 Å². The van der Waals surface area contributed by atoms with Crippen LogP contribution in [0.5, 0.6) is 0 Å². The molecule has 0 spiro atoms. The van der Waals surface area contributed by atoms with E-state index in [9.17, 15) is 0 Å². The van der Waals surface area contributed by atoms with E-state index in [0.717, 1.165) is 94.4 Å². The Labute approximate surface area is 282 Å². The molecule has 240 valence electrons. The second-order valence-corrected chi connectivity index (χ2v) is 12.7. The second kappa shape index (κ2) is 12.2. The number of nitrogens with zero attached hydrogens (tertiary/aromatic N) is 10. The van der Waals surface area contributed by atoms with Crippen LogP contribution in [0.25, 0.3) is 62.0 Å². The lowest BCUT2D eigenvalue weighted by atomic mass is 9.95. The van der Waals surface area contributed by atoms with Gasteiger partial charge in [0.05, 0.1) is 17.5 Å². The van der Waals surface area contributed by atoms with E-state index in [2.05, 4.69) is 94.8 Å². The minimum absolute atomic E-state index is 0.375.